The van der Waals surface area contributed by atoms with Crippen LogP contribution in [0.1, 0.15) is 18.4 Å². The van der Waals surface area contributed by atoms with Gasteiger partial charge in [-0.15, -0.1) is 0 Å². The van der Waals surface area contributed by atoms with Crippen molar-refractivity contribution in [3.05, 3.63) is 42.0 Å². The summed E-state index contributed by atoms with van der Waals surface area (Å²) in [6, 6.07) is 14.3. The van der Waals surface area contributed by atoms with E-state index in [1.165, 1.54) is 0 Å². The fourth-order valence-electron chi connectivity index (χ4n) is 2.45. The number of hydrogen-bond donors (Lipinski definition) is 2. The van der Waals surface area contributed by atoms with E-state index in [1.807, 2.05) is 36.4 Å². The van der Waals surface area contributed by atoms with Crippen LogP contribution in [0.2, 0.25) is 0 Å². The van der Waals surface area contributed by atoms with E-state index in [4.69, 9.17) is 5.26 Å². The summed E-state index contributed by atoms with van der Waals surface area (Å²) >= 11 is 0. The summed E-state index contributed by atoms with van der Waals surface area (Å²) in [7, 11) is 0. The predicted molar refractivity (Wildman–Crippen MR) is 71.3 cm³/mol. The third-order valence-electron chi connectivity index (χ3n) is 3.52. The molecule has 2 aromatic rings. The molecule has 0 radical (unpaired) electrons. The Labute approximate surface area is 106 Å². The zero-order valence-electron chi connectivity index (χ0n) is 9.93. The first kappa shape index (κ1) is 11.1. The number of rotatable bonds is 2. The molecule has 1 fully saturated rings. The van der Waals surface area contributed by atoms with Gasteiger partial charge < -0.3 is 10.4 Å². The first-order chi connectivity index (χ1) is 8.78. The van der Waals surface area contributed by atoms with Gasteiger partial charge in [0.1, 0.15) is 0 Å². The maximum atomic E-state index is 9.31. The molecule has 0 amide bonds. The Morgan fingerprint density at radius 1 is 1.11 bits per heavy atom. The summed E-state index contributed by atoms with van der Waals surface area (Å²) in [5, 5.41) is 23.9. The summed E-state index contributed by atoms with van der Waals surface area (Å²) in [6.07, 6.45) is 1.44. The van der Waals surface area contributed by atoms with Gasteiger partial charge in [-0.2, -0.15) is 5.26 Å². The second kappa shape index (κ2) is 4.32. The van der Waals surface area contributed by atoms with Crippen LogP contribution in [0, 0.1) is 11.3 Å². The Morgan fingerprint density at radius 3 is 2.50 bits per heavy atom. The van der Waals surface area contributed by atoms with E-state index in [0.29, 0.717) is 11.6 Å². The normalized spacial score (nSPS) is 22.2. The van der Waals surface area contributed by atoms with Crippen LogP contribution in [-0.4, -0.2) is 17.3 Å². The van der Waals surface area contributed by atoms with Gasteiger partial charge in [0.2, 0.25) is 0 Å². The number of nitrogens with zero attached hydrogens (tertiary/aromatic N) is 1. The zero-order chi connectivity index (χ0) is 12.5. The Morgan fingerprint density at radius 2 is 1.83 bits per heavy atom. The molecule has 2 aromatic carbocycles. The molecular weight excluding hydrogens is 224 g/mol. The number of aliphatic hydroxyl groups is 1. The highest BCUT2D eigenvalue weighted by atomic mass is 16.3. The lowest BCUT2D eigenvalue weighted by Gasteiger charge is -2.33. The Bertz CT molecular complexity index is 624. The summed E-state index contributed by atoms with van der Waals surface area (Å²) in [6.45, 7) is 0. The smallest absolute Gasteiger partial charge is 0.0998 e. The van der Waals surface area contributed by atoms with Crippen molar-refractivity contribution >= 4 is 16.5 Å². The number of aliphatic hydroxyl groups excluding tert-OH is 1. The maximum Gasteiger partial charge on any atom is 0.0998 e. The number of anilines is 1. The topological polar surface area (TPSA) is 56.0 Å². The average Bonchev–Trinajstić information content (AvgIpc) is 2.37. The van der Waals surface area contributed by atoms with Crippen molar-refractivity contribution in [2.45, 2.75) is 25.0 Å². The number of nitriles is 1. The highest BCUT2D eigenvalue weighted by Crippen LogP contribution is 2.30. The third-order valence-corrected chi connectivity index (χ3v) is 3.52. The SMILES string of the molecule is N#Cc1ccc(NC2CC(O)C2)c2ccccc12. The summed E-state index contributed by atoms with van der Waals surface area (Å²) < 4.78 is 0. The van der Waals surface area contributed by atoms with Gasteiger partial charge >= 0.3 is 0 Å². The van der Waals surface area contributed by atoms with Gasteiger partial charge in [0.25, 0.3) is 0 Å². The van der Waals surface area contributed by atoms with Gasteiger partial charge in [0.05, 0.1) is 17.7 Å². The van der Waals surface area contributed by atoms with Gasteiger partial charge in [-0.3, -0.25) is 0 Å². The van der Waals surface area contributed by atoms with Crippen molar-refractivity contribution in [3.63, 3.8) is 0 Å². The molecule has 3 heteroatoms. The van der Waals surface area contributed by atoms with Crippen molar-refractivity contribution in [1.29, 1.82) is 5.26 Å². The minimum Gasteiger partial charge on any atom is -0.393 e. The molecule has 90 valence electrons. The van der Waals surface area contributed by atoms with Crippen LogP contribution in [0.25, 0.3) is 10.8 Å². The van der Waals surface area contributed by atoms with E-state index >= 15 is 0 Å². The number of hydrogen-bond acceptors (Lipinski definition) is 3. The van der Waals surface area contributed by atoms with Crippen LogP contribution in [0.5, 0.6) is 0 Å². The van der Waals surface area contributed by atoms with Crippen molar-refractivity contribution < 1.29 is 5.11 Å². The van der Waals surface area contributed by atoms with Crippen molar-refractivity contribution in [2.24, 2.45) is 0 Å². The average molecular weight is 238 g/mol. The predicted octanol–water partition coefficient (Wildman–Crippen LogP) is 2.65. The monoisotopic (exact) mass is 238 g/mol. The number of fused-ring (bicyclic) bond motifs is 1. The van der Waals surface area contributed by atoms with Crippen LogP contribution in [0.4, 0.5) is 5.69 Å². The van der Waals surface area contributed by atoms with Crippen LogP contribution in [0.3, 0.4) is 0 Å². The highest BCUT2D eigenvalue weighted by Gasteiger charge is 2.27. The van der Waals surface area contributed by atoms with Gasteiger partial charge in [-0.05, 0) is 25.0 Å². The van der Waals surface area contributed by atoms with Gasteiger partial charge in [-0.25, -0.2) is 0 Å². The molecular formula is C15H14N2O. The van der Waals surface area contributed by atoms with Crippen LogP contribution in [-0.2, 0) is 0 Å². The van der Waals surface area contributed by atoms with E-state index in [1.54, 1.807) is 0 Å². The molecule has 1 aliphatic carbocycles. The molecule has 0 bridgehead atoms. The van der Waals surface area contributed by atoms with Crippen LogP contribution >= 0.6 is 0 Å². The van der Waals surface area contributed by atoms with Crippen LogP contribution in [0.15, 0.2) is 36.4 Å². The molecule has 0 spiro atoms. The first-order valence-corrected chi connectivity index (χ1v) is 6.14. The lowest BCUT2D eigenvalue weighted by Crippen LogP contribution is -2.38. The van der Waals surface area contributed by atoms with E-state index in [2.05, 4.69) is 11.4 Å². The lowest BCUT2D eigenvalue weighted by atomic mass is 9.89. The molecule has 2 N–H and O–H groups in total. The van der Waals surface area contributed by atoms with E-state index in [-0.39, 0.29) is 6.10 Å². The molecule has 1 aliphatic rings. The second-order valence-electron chi connectivity index (χ2n) is 4.78. The molecule has 0 aromatic heterocycles. The van der Waals surface area contributed by atoms with Crippen molar-refractivity contribution in [1.82, 2.24) is 0 Å². The minimum absolute atomic E-state index is 0.160. The summed E-state index contributed by atoms with van der Waals surface area (Å²) in [4.78, 5) is 0. The molecule has 0 saturated heterocycles. The fourth-order valence-corrected chi connectivity index (χ4v) is 2.45. The molecule has 18 heavy (non-hydrogen) atoms. The third kappa shape index (κ3) is 1.81. The molecule has 0 heterocycles. The maximum absolute atomic E-state index is 9.31. The molecule has 0 atom stereocenters. The number of nitrogens with one attached hydrogen (secondary N) is 1. The fraction of sp³-hybridized carbons (Fsp3) is 0.267. The van der Waals surface area contributed by atoms with Crippen molar-refractivity contribution in [2.75, 3.05) is 5.32 Å². The van der Waals surface area contributed by atoms with Gasteiger partial charge in [0, 0.05) is 22.5 Å². The Balaban J connectivity index is 2.00. The number of benzene rings is 2. The minimum atomic E-state index is -0.160. The highest BCUT2D eigenvalue weighted by molar-refractivity contribution is 5.97. The quantitative estimate of drug-likeness (QED) is 0.845. The molecule has 3 rings (SSSR count). The summed E-state index contributed by atoms with van der Waals surface area (Å²) in [5.41, 5.74) is 1.74. The molecule has 0 unspecified atom stereocenters. The Kier molecular flexibility index (Phi) is 2.66. The summed E-state index contributed by atoms with van der Waals surface area (Å²) in [5.74, 6) is 0. The first-order valence-electron chi connectivity index (χ1n) is 6.14. The van der Waals surface area contributed by atoms with Gasteiger partial charge in [-0.1, -0.05) is 24.3 Å². The molecule has 0 aliphatic heterocycles. The van der Waals surface area contributed by atoms with E-state index in [9.17, 15) is 5.11 Å². The standard InChI is InChI=1S/C15H14N2O/c16-9-10-5-6-15(17-11-7-12(18)8-11)14-4-2-1-3-13(10)14/h1-6,11-12,17-18H,7-8H2. The zero-order valence-corrected chi connectivity index (χ0v) is 9.93. The van der Waals surface area contributed by atoms with E-state index < -0.39 is 0 Å². The largest absolute Gasteiger partial charge is 0.393 e. The van der Waals surface area contributed by atoms with Crippen molar-refractivity contribution in [3.8, 4) is 6.07 Å². The second-order valence-corrected chi connectivity index (χ2v) is 4.78. The Hall–Kier alpha value is -2.05. The molecule has 1 saturated carbocycles. The molecule has 3 nitrogen and oxygen atoms in total. The van der Waals surface area contributed by atoms with Gasteiger partial charge in [0.15, 0.2) is 0 Å². The lowest BCUT2D eigenvalue weighted by molar-refractivity contribution is 0.0837. The van der Waals surface area contributed by atoms with E-state index in [0.717, 1.165) is 29.3 Å². The van der Waals surface area contributed by atoms with Crippen LogP contribution < -0.4 is 5.32 Å².